The number of amides is 1. The summed E-state index contributed by atoms with van der Waals surface area (Å²) in [6, 6.07) is 17.1. The molecule has 0 spiro atoms. The Morgan fingerprint density at radius 3 is 2.56 bits per heavy atom. The molecule has 27 heavy (non-hydrogen) atoms. The smallest absolute Gasteiger partial charge is 0.253 e. The van der Waals surface area contributed by atoms with Gasteiger partial charge in [-0.3, -0.25) is 4.79 Å². The van der Waals surface area contributed by atoms with Crippen molar-refractivity contribution < 1.29 is 9.90 Å². The minimum Gasteiger partial charge on any atom is -0.388 e. The summed E-state index contributed by atoms with van der Waals surface area (Å²) >= 11 is 1.64. The largest absolute Gasteiger partial charge is 0.388 e. The van der Waals surface area contributed by atoms with Crippen molar-refractivity contribution >= 4 is 17.2 Å². The lowest BCUT2D eigenvalue weighted by Gasteiger charge is -2.20. The predicted octanol–water partition coefficient (Wildman–Crippen LogP) is 4.62. The molecule has 1 atom stereocenters. The number of carbonyl (C=O) groups is 1. The number of carbonyl (C=O) groups excluding carboxylic acids is 1. The fraction of sp³-hybridized carbons (Fsp3) is 0.273. The second-order valence-electron chi connectivity index (χ2n) is 6.68. The summed E-state index contributed by atoms with van der Waals surface area (Å²) in [5, 5.41) is 11.2. The summed E-state index contributed by atoms with van der Waals surface area (Å²) in [7, 11) is 1.77. The molecule has 4 nitrogen and oxygen atoms in total. The van der Waals surface area contributed by atoms with Gasteiger partial charge in [0.05, 0.1) is 11.8 Å². The summed E-state index contributed by atoms with van der Waals surface area (Å²) in [4.78, 5) is 20.2. The molecule has 1 N–H and O–H groups in total. The van der Waals surface area contributed by atoms with Crippen LogP contribution in [0.15, 0.2) is 54.6 Å². The second kappa shape index (κ2) is 8.46. The standard InChI is InChI=1S/C22H24N2O2S/c1-15-16(2)27-21(23-15)18-10-7-11-19(14-18)22(26)24(3)13-12-20(25)17-8-5-4-6-9-17/h4-11,14,20,25H,12-13H2,1-3H3. The first-order valence-corrected chi connectivity index (χ1v) is 9.80. The zero-order valence-corrected chi connectivity index (χ0v) is 16.7. The zero-order valence-electron chi connectivity index (χ0n) is 15.8. The Morgan fingerprint density at radius 1 is 1.15 bits per heavy atom. The van der Waals surface area contributed by atoms with Gasteiger partial charge in [-0.2, -0.15) is 0 Å². The Bertz CT molecular complexity index is 902. The van der Waals surface area contributed by atoms with E-state index < -0.39 is 6.10 Å². The van der Waals surface area contributed by atoms with Gasteiger partial charge in [-0.05, 0) is 38.0 Å². The van der Waals surface area contributed by atoms with Crippen molar-refractivity contribution in [2.75, 3.05) is 13.6 Å². The number of hydrogen-bond acceptors (Lipinski definition) is 4. The lowest BCUT2D eigenvalue weighted by atomic mass is 10.1. The third-order valence-electron chi connectivity index (χ3n) is 4.65. The van der Waals surface area contributed by atoms with Crippen LogP contribution in [0, 0.1) is 13.8 Å². The van der Waals surface area contributed by atoms with Gasteiger partial charge in [-0.25, -0.2) is 4.98 Å². The van der Waals surface area contributed by atoms with Crippen LogP contribution in [-0.4, -0.2) is 34.5 Å². The van der Waals surface area contributed by atoms with Crippen molar-refractivity contribution in [3.05, 3.63) is 76.3 Å². The number of aryl methyl sites for hydroxylation is 2. The number of hydrogen-bond donors (Lipinski definition) is 1. The van der Waals surface area contributed by atoms with Crippen molar-refractivity contribution in [1.29, 1.82) is 0 Å². The molecule has 3 aromatic rings. The zero-order chi connectivity index (χ0) is 19.4. The van der Waals surface area contributed by atoms with Crippen molar-refractivity contribution in [2.24, 2.45) is 0 Å². The van der Waals surface area contributed by atoms with Crippen molar-refractivity contribution in [1.82, 2.24) is 9.88 Å². The third kappa shape index (κ3) is 4.62. The Morgan fingerprint density at radius 2 is 1.89 bits per heavy atom. The first-order valence-electron chi connectivity index (χ1n) is 8.98. The average Bonchev–Trinajstić information content (AvgIpc) is 3.04. The third-order valence-corrected chi connectivity index (χ3v) is 5.78. The van der Waals surface area contributed by atoms with E-state index in [4.69, 9.17) is 0 Å². The molecule has 2 aromatic carbocycles. The summed E-state index contributed by atoms with van der Waals surface area (Å²) in [6.45, 7) is 4.53. The Labute approximate surface area is 164 Å². The number of aliphatic hydroxyl groups excluding tert-OH is 1. The van der Waals surface area contributed by atoms with Gasteiger partial charge < -0.3 is 10.0 Å². The molecular formula is C22H24N2O2S. The normalized spacial score (nSPS) is 12.0. The fourth-order valence-electron chi connectivity index (χ4n) is 2.86. The van der Waals surface area contributed by atoms with Gasteiger partial charge in [0.2, 0.25) is 0 Å². The molecule has 0 fully saturated rings. The van der Waals surface area contributed by atoms with E-state index in [1.807, 2.05) is 61.5 Å². The Kier molecular flexibility index (Phi) is 6.04. The first-order chi connectivity index (χ1) is 13.0. The van der Waals surface area contributed by atoms with Crippen LogP contribution >= 0.6 is 11.3 Å². The van der Waals surface area contributed by atoms with Crippen LogP contribution in [0.2, 0.25) is 0 Å². The maximum atomic E-state index is 12.8. The topological polar surface area (TPSA) is 53.4 Å². The number of nitrogens with zero attached hydrogens (tertiary/aromatic N) is 2. The molecule has 5 heteroatoms. The lowest BCUT2D eigenvalue weighted by molar-refractivity contribution is 0.0761. The number of aliphatic hydroxyl groups is 1. The van der Waals surface area contributed by atoms with E-state index in [1.165, 1.54) is 4.88 Å². The summed E-state index contributed by atoms with van der Waals surface area (Å²) in [5.41, 5.74) is 3.49. The van der Waals surface area contributed by atoms with E-state index in [1.54, 1.807) is 23.3 Å². The molecule has 1 heterocycles. The van der Waals surface area contributed by atoms with Crippen LogP contribution in [-0.2, 0) is 0 Å². The lowest BCUT2D eigenvalue weighted by Crippen LogP contribution is -2.28. The molecule has 3 rings (SSSR count). The van der Waals surface area contributed by atoms with Crippen LogP contribution in [0.25, 0.3) is 10.6 Å². The first kappa shape index (κ1) is 19.3. The van der Waals surface area contributed by atoms with E-state index in [-0.39, 0.29) is 5.91 Å². The van der Waals surface area contributed by atoms with Crippen molar-refractivity contribution in [2.45, 2.75) is 26.4 Å². The minimum atomic E-state index is -0.575. The highest BCUT2D eigenvalue weighted by molar-refractivity contribution is 7.15. The van der Waals surface area contributed by atoms with Crippen LogP contribution in [0.5, 0.6) is 0 Å². The molecule has 140 valence electrons. The van der Waals surface area contributed by atoms with Crippen LogP contribution in [0.3, 0.4) is 0 Å². The van der Waals surface area contributed by atoms with Gasteiger partial charge in [0, 0.05) is 29.6 Å². The predicted molar refractivity (Wildman–Crippen MR) is 110 cm³/mol. The fourth-order valence-corrected chi connectivity index (χ4v) is 3.77. The van der Waals surface area contributed by atoms with Gasteiger partial charge in [0.25, 0.3) is 5.91 Å². The maximum absolute atomic E-state index is 12.8. The summed E-state index contributed by atoms with van der Waals surface area (Å²) in [5.74, 6) is -0.0536. The van der Waals surface area contributed by atoms with Crippen LogP contribution in [0.1, 0.15) is 39.0 Å². The van der Waals surface area contributed by atoms with E-state index >= 15 is 0 Å². The SMILES string of the molecule is Cc1nc(-c2cccc(C(=O)N(C)CCC(O)c3ccccc3)c2)sc1C. The molecular weight excluding hydrogens is 356 g/mol. The summed E-state index contributed by atoms with van der Waals surface area (Å²) < 4.78 is 0. The molecule has 1 amide bonds. The molecule has 0 aliphatic rings. The summed E-state index contributed by atoms with van der Waals surface area (Å²) in [6.07, 6.45) is -0.0781. The molecule has 1 unspecified atom stereocenters. The van der Waals surface area contributed by atoms with Crippen molar-refractivity contribution in [3.8, 4) is 10.6 Å². The maximum Gasteiger partial charge on any atom is 0.253 e. The number of benzene rings is 2. The van der Waals surface area contributed by atoms with E-state index in [0.29, 0.717) is 18.5 Å². The van der Waals surface area contributed by atoms with E-state index in [2.05, 4.69) is 11.9 Å². The number of thiazole rings is 1. The quantitative estimate of drug-likeness (QED) is 0.679. The van der Waals surface area contributed by atoms with Gasteiger partial charge in [-0.15, -0.1) is 11.3 Å². The van der Waals surface area contributed by atoms with E-state index in [9.17, 15) is 9.90 Å². The molecule has 0 aliphatic carbocycles. The second-order valence-corrected chi connectivity index (χ2v) is 7.89. The highest BCUT2D eigenvalue weighted by Gasteiger charge is 2.16. The molecule has 0 bridgehead atoms. The highest BCUT2D eigenvalue weighted by Crippen LogP contribution is 2.28. The molecule has 0 aliphatic heterocycles. The van der Waals surface area contributed by atoms with Gasteiger partial charge in [-0.1, -0.05) is 42.5 Å². The van der Waals surface area contributed by atoms with Crippen molar-refractivity contribution in [3.63, 3.8) is 0 Å². The Balaban J connectivity index is 1.67. The monoisotopic (exact) mass is 380 g/mol. The van der Waals surface area contributed by atoms with Crippen LogP contribution < -0.4 is 0 Å². The van der Waals surface area contributed by atoms with Crippen LogP contribution in [0.4, 0.5) is 0 Å². The van der Waals surface area contributed by atoms with Gasteiger partial charge in [0.1, 0.15) is 5.01 Å². The Hall–Kier alpha value is -2.50. The highest BCUT2D eigenvalue weighted by atomic mass is 32.1. The minimum absolute atomic E-state index is 0.0536. The number of aromatic nitrogens is 1. The number of rotatable bonds is 6. The van der Waals surface area contributed by atoms with Gasteiger partial charge in [0.15, 0.2) is 0 Å². The molecule has 0 saturated heterocycles. The molecule has 1 aromatic heterocycles. The molecule has 0 radical (unpaired) electrons. The molecule has 0 saturated carbocycles. The van der Waals surface area contributed by atoms with E-state index in [0.717, 1.165) is 21.8 Å². The average molecular weight is 381 g/mol. The van der Waals surface area contributed by atoms with Gasteiger partial charge >= 0.3 is 0 Å².